The second kappa shape index (κ2) is 11.3. The summed E-state index contributed by atoms with van der Waals surface area (Å²) < 4.78 is 82.8. The lowest BCUT2D eigenvalue weighted by molar-refractivity contribution is -0.140. The Hall–Kier alpha value is -3.43. The molecule has 1 aliphatic rings. The van der Waals surface area contributed by atoms with Crippen LogP contribution < -0.4 is 15.2 Å². The van der Waals surface area contributed by atoms with Gasteiger partial charge in [0.2, 0.25) is 11.9 Å². The van der Waals surface area contributed by atoms with Gasteiger partial charge in [0.1, 0.15) is 6.10 Å². The molecule has 1 aliphatic heterocycles. The van der Waals surface area contributed by atoms with Crippen molar-refractivity contribution in [2.45, 2.75) is 31.8 Å². The maximum atomic E-state index is 13.2. The molecular formula is C21H25F6N7O3. The fourth-order valence-electron chi connectivity index (χ4n) is 3.76. The number of hydrogen-bond donors (Lipinski definition) is 1. The van der Waals surface area contributed by atoms with Gasteiger partial charge in [0.05, 0.1) is 11.8 Å². The van der Waals surface area contributed by atoms with E-state index in [9.17, 15) is 35.9 Å². The van der Waals surface area contributed by atoms with Gasteiger partial charge in [-0.1, -0.05) is 0 Å². The maximum absolute atomic E-state index is 13.2. The summed E-state index contributed by atoms with van der Waals surface area (Å²) in [5.41, 5.74) is -3.81. The number of aromatic nitrogens is 4. The Morgan fingerprint density at radius 3 is 2.27 bits per heavy atom. The van der Waals surface area contributed by atoms with Gasteiger partial charge in [-0.3, -0.25) is 9.59 Å². The van der Waals surface area contributed by atoms with E-state index in [0.717, 1.165) is 18.6 Å². The SMILES string of the molecule is C[C@@H](CN(C)CCC(=O)N1CCN(c2ncc(C(F)(F)F)cn2)CC1)Oc1cn[nH]c(=O)c1C(F)(F)F. The van der Waals surface area contributed by atoms with Crippen molar-refractivity contribution < 1.29 is 35.9 Å². The first kappa shape index (κ1) is 28.1. The highest BCUT2D eigenvalue weighted by atomic mass is 19.4. The number of carbonyl (C=O) groups excluding carboxylic acids is 1. The molecule has 0 saturated carbocycles. The second-order valence-electron chi connectivity index (χ2n) is 8.51. The molecule has 0 radical (unpaired) electrons. The van der Waals surface area contributed by atoms with Gasteiger partial charge in [-0.25, -0.2) is 15.1 Å². The van der Waals surface area contributed by atoms with E-state index >= 15 is 0 Å². The van der Waals surface area contributed by atoms with E-state index in [1.54, 1.807) is 26.8 Å². The molecule has 2 aromatic rings. The minimum atomic E-state index is -4.91. The number of piperazine rings is 1. The van der Waals surface area contributed by atoms with Crippen LogP contribution in [0, 0.1) is 0 Å². The number of alkyl halides is 6. The van der Waals surface area contributed by atoms with Gasteiger partial charge in [0, 0.05) is 58.1 Å². The average Bonchev–Trinajstić information content (AvgIpc) is 2.81. The van der Waals surface area contributed by atoms with Crippen molar-refractivity contribution in [3.63, 3.8) is 0 Å². The van der Waals surface area contributed by atoms with E-state index in [2.05, 4.69) is 15.1 Å². The number of aromatic amines is 1. The van der Waals surface area contributed by atoms with Crippen LogP contribution in [-0.2, 0) is 17.1 Å². The summed E-state index contributed by atoms with van der Waals surface area (Å²) in [4.78, 5) is 36.7. The molecule has 1 atom stereocenters. The van der Waals surface area contributed by atoms with Crippen LogP contribution in [0.2, 0.25) is 0 Å². The van der Waals surface area contributed by atoms with Crippen molar-refractivity contribution >= 4 is 11.9 Å². The molecule has 0 aromatic carbocycles. The first-order valence-corrected chi connectivity index (χ1v) is 11.2. The van der Waals surface area contributed by atoms with E-state index in [4.69, 9.17) is 4.74 Å². The Bertz CT molecular complexity index is 1120. The maximum Gasteiger partial charge on any atom is 0.425 e. The third kappa shape index (κ3) is 7.53. The van der Waals surface area contributed by atoms with E-state index in [1.165, 1.54) is 6.92 Å². The monoisotopic (exact) mass is 537 g/mol. The third-order valence-corrected chi connectivity index (χ3v) is 5.59. The molecule has 10 nitrogen and oxygen atoms in total. The number of halogens is 6. The number of anilines is 1. The van der Waals surface area contributed by atoms with Gasteiger partial charge in [-0.15, -0.1) is 0 Å². The molecule has 2 aromatic heterocycles. The Morgan fingerprint density at radius 1 is 1.08 bits per heavy atom. The Kier molecular flexibility index (Phi) is 8.60. The predicted molar refractivity (Wildman–Crippen MR) is 118 cm³/mol. The van der Waals surface area contributed by atoms with Gasteiger partial charge >= 0.3 is 12.4 Å². The van der Waals surface area contributed by atoms with Crippen LogP contribution in [0.4, 0.5) is 32.3 Å². The molecule has 1 fully saturated rings. The standard InChI is InChI=1S/C21H25F6N7O3/c1-13(37-15-11-30-31-18(36)17(15)21(25,26)27)12-32(2)4-3-16(35)33-5-7-34(8-6-33)19-28-9-14(10-29-19)20(22,23)24/h9-11,13H,3-8,12H2,1-2H3,(H,31,36)/t13-/m0/s1. The zero-order chi connectivity index (χ0) is 27.4. The lowest BCUT2D eigenvalue weighted by atomic mass is 10.2. The number of H-pyrrole nitrogens is 1. The fraction of sp³-hybridized carbons (Fsp3) is 0.571. The fourth-order valence-corrected chi connectivity index (χ4v) is 3.76. The molecule has 0 spiro atoms. The summed E-state index contributed by atoms with van der Waals surface area (Å²) in [5.74, 6) is -0.673. The normalized spacial score (nSPS) is 15.7. The number of nitrogens with zero attached hydrogens (tertiary/aromatic N) is 6. The van der Waals surface area contributed by atoms with Crippen molar-refractivity contribution in [2.75, 3.05) is 51.2 Å². The van der Waals surface area contributed by atoms with Crippen LogP contribution in [0.25, 0.3) is 0 Å². The summed E-state index contributed by atoms with van der Waals surface area (Å²) in [6.45, 7) is 3.38. The number of hydrogen-bond acceptors (Lipinski definition) is 8. The highest BCUT2D eigenvalue weighted by molar-refractivity contribution is 5.76. The van der Waals surface area contributed by atoms with Crippen LogP contribution in [0.15, 0.2) is 23.4 Å². The Balaban J connectivity index is 1.44. The Morgan fingerprint density at radius 2 is 1.70 bits per heavy atom. The topological polar surface area (TPSA) is 108 Å². The molecule has 204 valence electrons. The highest BCUT2D eigenvalue weighted by Gasteiger charge is 2.38. The number of nitrogens with one attached hydrogen (secondary N) is 1. The lowest BCUT2D eigenvalue weighted by Crippen LogP contribution is -2.49. The minimum Gasteiger partial charge on any atom is -0.487 e. The summed E-state index contributed by atoms with van der Waals surface area (Å²) in [7, 11) is 1.67. The molecular weight excluding hydrogens is 512 g/mol. The van der Waals surface area contributed by atoms with E-state index in [1.807, 2.05) is 0 Å². The van der Waals surface area contributed by atoms with Crippen LogP contribution in [0.1, 0.15) is 24.5 Å². The van der Waals surface area contributed by atoms with E-state index in [-0.39, 0.29) is 24.8 Å². The summed E-state index contributed by atoms with van der Waals surface area (Å²) in [6, 6.07) is 0. The number of likely N-dealkylation sites (N-methyl/N-ethyl adjacent to an activating group) is 1. The largest absolute Gasteiger partial charge is 0.487 e. The average molecular weight is 537 g/mol. The highest BCUT2D eigenvalue weighted by Crippen LogP contribution is 2.33. The zero-order valence-electron chi connectivity index (χ0n) is 19.9. The molecule has 1 N–H and O–H groups in total. The summed E-state index contributed by atoms with van der Waals surface area (Å²) in [6.07, 6.45) is -7.80. The summed E-state index contributed by atoms with van der Waals surface area (Å²) in [5, 5.41) is 5.09. The summed E-state index contributed by atoms with van der Waals surface area (Å²) >= 11 is 0. The smallest absolute Gasteiger partial charge is 0.425 e. The molecule has 1 amide bonds. The molecule has 37 heavy (non-hydrogen) atoms. The van der Waals surface area contributed by atoms with Gasteiger partial charge in [0.15, 0.2) is 11.3 Å². The molecule has 0 unspecified atom stereocenters. The molecule has 3 heterocycles. The van der Waals surface area contributed by atoms with Gasteiger partial charge in [-0.05, 0) is 14.0 Å². The second-order valence-corrected chi connectivity index (χ2v) is 8.51. The van der Waals surface area contributed by atoms with Crippen molar-refractivity contribution in [3.05, 3.63) is 40.1 Å². The van der Waals surface area contributed by atoms with Crippen LogP contribution in [-0.4, -0.2) is 88.3 Å². The predicted octanol–water partition coefficient (Wildman–Crippen LogP) is 2.04. The van der Waals surface area contributed by atoms with Crippen LogP contribution in [0.5, 0.6) is 5.75 Å². The molecule has 16 heteroatoms. The molecule has 0 aliphatic carbocycles. The minimum absolute atomic E-state index is 0.139. The first-order chi connectivity index (χ1) is 17.3. The van der Waals surface area contributed by atoms with Gasteiger partial charge in [-0.2, -0.15) is 31.4 Å². The van der Waals surface area contributed by atoms with E-state index in [0.29, 0.717) is 32.7 Å². The van der Waals surface area contributed by atoms with Gasteiger partial charge in [0.25, 0.3) is 5.56 Å². The van der Waals surface area contributed by atoms with Gasteiger partial charge < -0.3 is 19.4 Å². The van der Waals surface area contributed by atoms with E-state index < -0.39 is 40.9 Å². The van der Waals surface area contributed by atoms with Crippen molar-refractivity contribution in [2.24, 2.45) is 0 Å². The van der Waals surface area contributed by atoms with Crippen molar-refractivity contribution in [1.82, 2.24) is 30.0 Å². The molecule has 3 rings (SSSR count). The van der Waals surface area contributed by atoms with Crippen LogP contribution in [0.3, 0.4) is 0 Å². The quantitative estimate of drug-likeness (QED) is 0.510. The van der Waals surface area contributed by atoms with Crippen LogP contribution >= 0.6 is 0 Å². The first-order valence-electron chi connectivity index (χ1n) is 11.2. The molecule has 1 saturated heterocycles. The third-order valence-electron chi connectivity index (χ3n) is 5.59. The zero-order valence-corrected chi connectivity index (χ0v) is 19.9. The number of ether oxygens (including phenoxy) is 1. The Labute approximate surface area is 207 Å². The molecule has 0 bridgehead atoms. The number of rotatable bonds is 8. The number of amides is 1. The lowest BCUT2D eigenvalue weighted by Gasteiger charge is -2.35. The van der Waals surface area contributed by atoms with Crippen molar-refractivity contribution in [3.8, 4) is 5.75 Å². The van der Waals surface area contributed by atoms with Crippen molar-refractivity contribution in [1.29, 1.82) is 0 Å². The number of carbonyl (C=O) groups is 1.